The van der Waals surface area contributed by atoms with E-state index in [4.69, 9.17) is 14.7 Å². The number of rotatable bonds is 7. The molecule has 0 bridgehead atoms. The zero-order chi connectivity index (χ0) is 21.2. The lowest BCUT2D eigenvalue weighted by atomic mass is 9.79. The summed E-state index contributed by atoms with van der Waals surface area (Å²) in [4.78, 5) is 28.9. The molecule has 0 spiro atoms. The number of ether oxygens (including phenoxy) is 2. The van der Waals surface area contributed by atoms with E-state index in [1.807, 2.05) is 36.4 Å². The van der Waals surface area contributed by atoms with Crippen LogP contribution in [-0.4, -0.2) is 35.9 Å². The Kier molecular flexibility index (Phi) is 8.45. The fourth-order valence-electron chi connectivity index (χ4n) is 2.98. The number of allylic oxidation sites excluding steroid dienone is 1. The van der Waals surface area contributed by atoms with E-state index in [0.29, 0.717) is 16.3 Å². The molecule has 2 atom stereocenters. The second-order valence-corrected chi connectivity index (χ2v) is 7.08. The molecule has 7 nitrogen and oxygen atoms in total. The summed E-state index contributed by atoms with van der Waals surface area (Å²) >= 11 is 1.14. The number of esters is 2. The zero-order valence-corrected chi connectivity index (χ0v) is 17.1. The highest BCUT2D eigenvalue weighted by atomic mass is 32.2. The van der Waals surface area contributed by atoms with Crippen molar-refractivity contribution in [1.82, 2.24) is 0 Å². The minimum Gasteiger partial charge on any atom is -0.465 e. The summed E-state index contributed by atoms with van der Waals surface area (Å²) in [6, 6.07) is 13.3. The molecule has 1 aliphatic rings. The predicted octanol–water partition coefficient (Wildman–Crippen LogP) is 3.35. The SMILES string of the molecule is CCOC(=O)CSC1=NC(C)=C(C(=O)OCCC#N)[C@@H](c2ccccc2)C1C#N. The first-order valence-electron chi connectivity index (χ1n) is 9.09. The number of nitriles is 2. The Hall–Kier alpha value is -3.10. The molecule has 2 rings (SSSR count). The van der Waals surface area contributed by atoms with Gasteiger partial charge in [-0.15, -0.1) is 0 Å². The fraction of sp³-hybridized carbons (Fsp3) is 0.381. The average molecular weight is 411 g/mol. The van der Waals surface area contributed by atoms with E-state index >= 15 is 0 Å². The van der Waals surface area contributed by atoms with Crippen molar-refractivity contribution in [2.45, 2.75) is 26.2 Å². The second-order valence-electron chi connectivity index (χ2n) is 6.08. The van der Waals surface area contributed by atoms with E-state index in [0.717, 1.165) is 17.3 Å². The summed E-state index contributed by atoms with van der Waals surface area (Å²) in [5, 5.41) is 19.0. The van der Waals surface area contributed by atoms with Crippen LogP contribution >= 0.6 is 11.8 Å². The quantitative estimate of drug-likeness (QED) is 0.499. The topological polar surface area (TPSA) is 113 Å². The molecular weight excluding hydrogens is 390 g/mol. The van der Waals surface area contributed by atoms with E-state index in [-0.39, 0.29) is 25.4 Å². The average Bonchev–Trinajstić information content (AvgIpc) is 2.72. The number of carbonyl (C=O) groups excluding carboxylic acids is 2. The summed E-state index contributed by atoms with van der Waals surface area (Å²) in [7, 11) is 0. The molecule has 29 heavy (non-hydrogen) atoms. The Balaban J connectivity index is 2.42. The molecule has 0 aromatic heterocycles. The van der Waals surface area contributed by atoms with Crippen molar-refractivity contribution in [2.75, 3.05) is 19.0 Å². The minimum absolute atomic E-state index is 0.0287. The highest BCUT2D eigenvalue weighted by Gasteiger charge is 2.39. The Morgan fingerprint density at radius 3 is 2.55 bits per heavy atom. The number of nitrogens with zero attached hydrogens (tertiary/aromatic N) is 3. The van der Waals surface area contributed by atoms with Crippen LogP contribution in [0.15, 0.2) is 46.6 Å². The lowest BCUT2D eigenvalue weighted by molar-refractivity contribution is -0.140. The number of aliphatic imine (C=N–C) groups is 1. The summed E-state index contributed by atoms with van der Waals surface area (Å²) in [6.45, 7) is 3.65. The third-order valence-corrected chi connectivity index (χ3v) is 5.21. The van der Waals surface area contributed by atoms with Gasteiger partial charge in [0.1, 0.15) is 12.5 Å². The number of thioether (sulfide) groups is 1. The summed E-state index contributed by atoms with van der Waals surface area (Å²) in [5.41, 5.74) is 1.50. The van der Waals surface area contributed by atoms with Crippen LogP contribution in [0.1, 0.15) is 31.7 Å². The normalized spacial score (nSPS) is 18.3. The van der Waals surface area contributed by atoms with Gasteiger partial charge in [0, 0.05) is 11.6 Å². The van der Waals surface area contributed by atoms with Gasteiger partial charge in [-0.25, -0.2) is 9.79 Å². The predicted molar refractivity (Wildman–Crippen MR) is 109 cm³/mol. The van der Waals surface area contributed by atoms with Crippen LogP contribution < -0.4 is 0 Å². The van der Waals surface area contributed by atoms with Crippen molar-refractivity contribution in [2.24, 2.45) is 10.9 Å². The van der Waals surface area contributed by atoms with Gasteiger partial charge in [-0.1, -0.05) is 42.1 Å². The van der Waals surface area contributed by atoms with Crippen molar-refractivity contribution in [3.05, 3.63) is 47.2 Å². The van der Waals surface area contributed by atoms with Crippen molar-refractivity contribution in [3.8, 4) is 12.1 Å². The largest absolute Gasteiger partial charge is 0.465 e. The Morgan fingerprint density at radius 1 is 1.21 bits per heavy atom. The maximum Gasteiger partial charge on any atom is 0.336 e. The van der Waals surface area contributed by atoms with Crippen LogP contribution in [0.25, 0.3) is 0 Å². The Labute approximate surface area is 174 Å². The van der Waals surface area contributed by atoms with Crippen LogP contribution in [0.2, 0.25) is 0 Å². The molecule has 0 N–H and O–H groups in total. The summed E-state index contributed by atoms with van der Waals surface area (Å²) < 4.78 is 10.2. The van der Waals surface area contributed by atoms with Gasteiger partial charge >= 0.3 is 11.9 Å². The van der Waals surface area contributed by atoms with Gasteiger partial charge in [0.25, 0.3) is 0 Å². The molecule has 1 unspecified atom stereocenters. The van der Waals surface area contributed by atoms with Crippen molar-refractivity contribution >= 4 is 28.7 Å². The first kappa shape index (κ1) is 22.2. The number of hydrogen-bond donors (Lipinski definition) is 0. The number of benzene rings is 1. The first-order valence-corrected chi connectivity index (χ1v) is 10.1. The van der Waals surface area contributed by atoms with Gasteiger partial charge < -0.3 is 9.47 Å². The van der Waals surface area contributed by atoms with E-state index < -0.39 is 23.8 Å². The van der Waals surface area contributed by atoms with Gasteiger partial charge in [0.2, 0.25) is 0 Å². The van der Waals surface area contributed by atoms with Gasteiger partial charge in [-0.2, -0.15) is 10.5 Å². The van der Waals surface area contributed by atoms with E-state index in [1.54, 1.807) is 13.8 Å². The molecule has 0 aliphatic carbocycles. The lowest BCUT2D eigenvalue weighted by Crippen LogP contribution is -2.30. The third kappa shape index (κ3) is 5.69. The highest BCUT2D eigenvalue weighted by Crippen LogP contribution is 2.41. The Morgan fingerprint density at radius 2 is 1.93 bits per heavy atom. The second kappa shape index (κ2) is 11.0. The van der Waals surface area contributed by atoms with E-state index in [9.17, 15) is 14.9 Å². The van der Waals surface area contributed by atoms with Crippen LogP contribution in [0.5, 0.6) is 0 Å². The molecule has 1 aromatic carbocycles. The summed E-state index contributed by atoms with van der Waals surface area (Å²) in [5.74, 6) is -2.29. The highest BCUT2D eigenvalue weighted by molar-refractivity contribution is 8.14. The van der Waals surface area contributed by atoms with Gasteiger partial charge in [-0.3, -0.25) is 4.79 Å². The van der Waals surface area contributed by atoms with Crippen LogP contribution in [0, 0.1) is 28.6 Å². The molecule has 0 fully saturated rings. The van der Waals surface area contributed by atoms with Crippen molar-refractivity contribution in [3.63, 3.8) is 0 Å². The van der Waals surface area contributed by atoms with Crippen molar-refractivity contribution in [1.29, 1.82) is 10.5 Å². The minimum atomic E-state index is -0.751. The smallest absolute Gasteiger partial charge is 0.336 e. The molecule has 0 amide bonds. The van der Waals surface area contributed by atoms with E-state index in [2.05, 4.69) is 11.1 Å². The molecule has 150 valence electrons. The number of hydrogen-bond acceptors (Lipinski definition) is 8. The Bertz CT molecular complexity index is 897. The molecular formula is C21H21N3O4S. The first-order chi connectivity index (χ1) is 14.0. The third-order valence-electron chi connectivity index (χ3n) is 4.19. The van der Waals surface area contributed by atoms with Crippen molar-refractivity contribution < 1.29 is 19.1 Å². The van der Waals surface area contributed by atoms with Crippen LogP contribution in [0.4, 0.5) is 0 Å². The maximum absolute atomic E-state index is 12.7. The van der Waals surface area contributed by atoms with Crippen LogP contribution in [-0.2, 0) is 19.1 Å². The molecule has 1 aliphatic heterocycles. The molecule has 0 saturated carbocycles. The fourth-order valence-corrected chi connectivity index (χ4v) is 3.90. The number of carbonyl (C=O) groups is 2. The summed E-state index contributed by atoms with van der Waals surface area (Å²) in [6.07, 6.45) is 0.0830. The van der Waals surface area contributed by atoms with Crippen LogP contribution in [0.3, 0.4) is 0 Å². The van der Waals surface area contributed by atoms with E-state index in [1.165, 1.54) is 0 Å². The molecule has 1 heterocycles. The van der Waals surface area contributed by atoms with Gasteiger partial charge in [-0.05, 0) is 19.4 Å². The molecule has 0 radical (unpaired) electrons. The standard InChI is InChI=1S/C21H21N3O4S/c1-3-27-17(25)13-29-20-16(12-23)19(15-8-5-4-6-9-15)18(14(2)24-20)21(26)28-11-7-10-22/h4-6,8-9,16,19H,3,7,11,13H2,1-2H3/t16?,19-/m0/s1. The molecule has 0 saturated heterocycles. The maximum atomic E-state index is 12.7. The van der Waals surface area contributed by atoms with Gasteiger partial charge in [0.15, 0.2) is 0 Å². The zero-order valence-electron chi connectivity index (χ0n) is 16.3. The molecule has 8 heteroatoms. The monoisotopic (exact) mass is 411 g/mol. The molecule has 1 aromatic rings. The lowest BCUT2D eigenvalue weighted by Gasteiger charge is -2.29. The van der Waals surface area contributed by atoms with Gasteiger partial charge in [0.05, 0.1) is 41.5 Å².